The Hall–Kier alpha value is -1.47. The van der Waals surface area contributed by atoms with Crippen LogP contribution < -0.4 is 11.1 Å². The highest BCUT2D eigenvalue weighted by Gasteiger charge is 2.41. The summed E-state index contributed by atoms with van der Waals surface area (Å²) in [5.74, 6) is 1.04. The molecule has 7 nitrogen and oxygen atoms in total. The highest BCUT2D eigenvalue weighted by atomic mass is 16.5. The molecule has 7 heteroatoms. The fourth-order valence-electron chi connectivity index (χ4n) is 3.62. The number of rotatable bonds is 4. The molecule has 1 saturated heterocycles. The molecule has 3 N–H and O–H groups in total. The molecule has 0 spiro atoms. The van der Waals surface area contributed by atoms with Crippen LogP contribution in [-0.2, 0) is 15.1 Å². The third-order valence-electron chi connectivity index (χ3n) is 4.94. The number of amides is 1. The van der Waals surface area contributed by atoms with Gasteiger partial charge in [0.1, 0.15) is 11.6 Å². The van der Waals surface area contributed by atoms with E-state index in [1.54, 1.807) is 6.92 Å². The maximum atomic E-state index is 12.7. The van der Waals surface area contributed by atoms with Gasteiger partial charge in [-0.25, -0.2) is 0 Å². The predicted octanol–water partition coefficient (Wildman–Crippen LogP) is 1.55. The smallest absolute Gasteiger partial charge is 0.249 e. The lowest BCUT2D eigenvalue weighted by Crippen LogP contribution is -2.50. The van der Waals surface area contributed by atoms with Crippen molar-refractivity contribution in [3.05, 3.63) is 11.7 Å². The summed E-state index contributed by atoms with van der Waals surface area (Å²) >= 11 is 0. The van der Waals surface area contributed by atoms with Crippen LogP contribution in [0.1, 0.15) is 63.1 Å². The number of hydrogen-bond donors (Lipinski definition) is 2. The Kier molecular flexibility index (Phi) is 4.96. The molecule has 0 radical (unpaired) electrons. The summed E-state index contributed by atoms with van der Waals surface area (Å²) in [6, 6.07) is 0. The zero-order valence-electron chi connectivity index (χ0n) is 13.7. The molecule has 2 atom stereocenters. The van der Waals surface area contributed by atoms with Crippen molar-refractivity contribution in [1.29, 1.82) is 0 Å². The fourth-order valence-corrected chi connectivity index (χ4v) is 3.62. The first-order chi connectivity index (χ1) is 11.1. The summed E-state index contributed by atoms with van der Waals surface area (Å²) in [5.41, 5.74) is 5.10. The van der Waals surface area contributed by atoms with E-state index < -0.39 is 11.6 Å². The van der Waals surface area contributed by atoms with Crippen molar-refractivity contribution in [2.45, 2.75) is 76.0 Å². The summed E-state index contributed by atoms with van der Waals surface area (Å²) < 4.78 is 10.9. The Morgan fingerprint density at radius 3 is 2.61 bits per heavy atom. The number of carbonyl (C=O) groups excluding carboxylic acids is 1. The largest absolute Gasteiger partial charge is 0.364 e. The highest BCUT2D eigenvalue weighted by molar-refractivity contribution is 5.81. The Balaban J connectivity index is 1.77. The monoisotopic (exact) mass is 322 g/mol. The van der Waals surface area contributed by atoms with Crippen LogP contribution in [0.3, 0.4) is 0 Å². The average Bonchev–Trinajstić information content (AvgIpc) is 3.13. The van der Waals surface area contributed by atoms with Crippen molar-refractivity contribution in [3.8, 4) is 0 Å². The van der Waals surface area contributed by atoms with Gasteiger partial charge in [-0.2, -0.15) is 4.98 Å². The first-order valence-electron chi connectivity index (χ1n) is 8.61. The number of ether oxygens (including phenoxy) is 1. The van der Waals surface area contributed by atoms with Gasteiger partial charge in [0.25, 0.3) is 0 Å². The topological polar surface area (TPSA) is 103 Å². The van der Waals surface area contributed by atoms with Crippen LogP contribution in [0.4, 0.5) is 0 Å². The first-order valence-corrected chi connectivity index (χ1v) is 8.61. The van der Waals surface area contributed by atoms with E-state index in [0.717, 1.165) is 38.5 Å². The van der Waals surface area contributed by atoms with Crippen LogP contribution in [0.2, 0.25) is 0 Å². The SMILES string of the molecule is Cc1nc(C2(NC(=O)[C@@H]3CC[C@H](CN)O3)CCCCCC2)no1. The zero-order chi connectivity index (χ0) is 16.3. The number of nitrogens with two attached hydrogens (primary N) is 1. The highest BCUT2D eigenvalue weighted by Crippen LogP contribution is 2.35. The maximum Gasteiger partial charge on any atom is 0.249 e. The lowest BCUT2D eigenvalue weighted by atomic mass is 9.88. The van der Waals surface area contributed by atoms with E-state index in [9.17, 15) is 4.79 Å². The predicted molar refractivity (Wildman–Crippen MR) is 83.5 cm³/mol. The van der Waals surface area contributed by atoms with Gasteiger partial charge in [-0.05, 0) is 25.7 Å². The zero-order valence-corrected chi connectivity index (χ0v) is 13.7. The Morgan fingerprint density at radius 1 is 1.30 bits per heavy atom. The van der Waals surface area contributed by atoms with E-state index in [0.29, 0.717) is 18.3 Å². The van der Waals surface area contributed by atoms with Gasteiger partial charge in [-0.3, -0.25) is 4.79 Å². The standard InChI is InChI=1S/C16H26N4O3/c1-11-18-15(20-23-11)16(8-4-2-3-5-9-16)19-14(21)13-7-6-12(10-17)22-13/h12-13H,2-10,17H2,1H3,(H,19,21)/t12-,13+/m1/s1. The maximum absolute atomic E-state index is 12.7. The van der Waals surface area contributed by atoms with Gasteiger partial charge in [-0.1, -0.05) is 30.8 Å². The number of nitrogens with zero attached hydrogens (tertiary/aromatic N) is 2. The van der Waals surface area contributed by atoms with Crippen LogP contribution >= 0.6 is 0 Å². The van der Waals surface area contributed by atoms with Crippen molar-refractivity contribution >= 4 is 5.91 Å². The first kappa shape index (κ1) is 16.4. The molecule has 23 heavy (non-hydrogen) atoms. The van der Waals surface area contributed by atoms with Crippen LogP contribution in [-0.4, -0.2) is 34.8 Å². The molecule has 1 aliphatic carbocycles. The normalized spacial score (nSPS) is 27.6. The minimum atomic E-state index is -0.532. The van der Waals surface area contributed by atoms with E-state index in [2.05, 4.69) is 15.5 Å². The molecule has 2 aliphatic rings. The molecule has 0 unspecified atom stereocenters. The van der Waals surface area contributed by atoms with Gasteiger partial charge in [0.15, 0.2) is 5.82 Å². The summed E-state index contributed by atoms with van der Waals surface area (Å²) in [6.45, 7) is 2.23. The molecule has 1 aromatic heterocycles. The number of hydrogen-bond acceptors (Lipinski definition) is 6. The summed E-state index contributed by atoms with van der Waals surface area (Å²) in [6.07, 6.45) is 7.23. The summed E-state index contributed by atoms with van der Waals surface area (Å²) in [5, 5.41) is 7.30. The van der Waals surface area contributed by atoms with Crippen molar-refractivity contribution in [3.63, 3.8) is 0 Å². The van der Waals surface area contributed by atoms with Crippen LogP contribution in [0.25, 0.3) is 0 Å². The Labute approximate surface area is 136 Å². The van der Waals surface area contributed by atoms with Crippen LogP contribution in [0.5, 0.6) is 0 Å². The Morgan fingerprint density at radius 2 is 2.04 bits per heavy atom. The second kappa shape index (κ2) is 6.97. The van der Waals surface area contributed by atoms with Gasteiger partial charge in [0.2, 0.25) is 11.8 Å². The van der Waals surface area contributed by atoms with E-state index in [1.165, 1.54) is 12.8 Å². The second-order valence-corrected chi connectivity index (χ2v) is 6.68. The number of aromatic nitrogens is 2. The molecule has 2 fully saturated rings. The molecule has 0 aromatic carbocycles. The van der Waals surface area contributed by atoms with Crippen molar-refractivity contribution in [2.24, 2.45) is 5.73 Å². The third kappa shape index (κ3) is 3.55. The lowest BCUT2D eigenvalue weighted by molar-refractivity contribution is -0.134. The third-order valence-corrected chi connectivity index (χ3v) is 4.94. The molecule has 1 amide bonds. The molecular formula is C16H26N4O3. The fraction of sp³-hybridized carbons (Fsp3) is 0.812. The van der Waals surface area contributed by atoms with Gasteiger partial charge >= 0.3 is 0 Å². The van der Waals surface area contributed by atoms with Gasteiger partial charge in [0.05, 0.1) is 6.10 Å². The molecule has 1 saturated carbocycles. The molecule has 1 aromatic rings. The summed E-state index contributed by atoms with van der Waals surface area (Å²) in [4.78, 5) is 17.1. The van der Waals surface area contributed by atoms with Crippen LogP contribution in [0.15, 0.2) is 4.52 Å². The van der Waals surface area contributed by atoms with Gasteiger partial charge < -0.3 is 20.3 Å². The van der Waals surface area contributed by atoms with E-state index in [4.69, 9.17) is 15.0 Å². The molecule has 128 valence electrons. The number of aryl methyl sites for hydroxylation is 1. The number of nitrogens with one attached hydrogen (secondary N) is 1. The van der Waals surface area contributed by atoms with Crippen molar-refractivity contribution in [2.75, 3.05) is 6.54 Å². The van der Waals surface area contributed by atoms with E-state index in [-0.39, 0.29) is 12.0 Å². The lowest BCUT2D eigenvalue weighted by Gasteiger charge is -2.31. The minimum absolute atomic E-state index is 0.0109. The van der Waals surface area contributed by atoms with Gasteiger partial charge in [0, 0.05) is 13.5 Å². The van der Waals surface area contributed by atoms with E-state index >= 15 is 0 Å². The van der Waals surface area contributed by atoms with Crippen molar-refractivity contribution in [1.82, 2.24) is 15.5 Å². The van der Waals surface area contributed by atoms with Crippen LogP contribution in [0, 0.1) is 6.92 Å². The molecular weight excluding hydrogens is 296 g/mol. The molecule has 2 heterocycles. The second-order valence-electron chi connectivity index (χ2n) is 6.68. The van der Waals surface area contributed by atoms with Crippen molar-refractivity contribution < 1.29 is 14.1 Å². The molecule has 1 aliphatic heterocycles. The minimum Gasteiger partial charge on any atom is -0.364 e. The Bertz CT molecular complexity index is 537. The molecule has 0 bridgehead atoms. The van der Waals surface area contributed by atoms with Gasteiger partial charge in [-0.15, -0.1) is 0 Å². The van der Waals surface area contributed by atoms with E-state index in [1.807, 2.05) is 0 Å². The summed E-state index contributed by atoms with van der Waals surface area (Å²) in [7, 11) is 0. The average molecular weight is 322 g/mol. The quantitative estimate of drug-likeness (QED) is 0.815. The molecule has 3 rings (SSSR count). The number of carbonyl (C=O) groups is 1.